The van der Waals surface area contributed by atoms with Crippen LogP contribution in [0.15, 0.2) is 0 Å². The lowest BCUT2D eigenvalue weighted by atomic mass is 9.84. The zero-order chi connectivity index (χ0) is 20.5. The molecule has 0 radical (unpaired) electrons. The van der Waals surface area contributed by atoms with Crippen molar-refractivity contribution in [2.24, 2.45) is 22.7 Å². The lowest BCUT2D eigenvalue weighted by Crippen LogP contribution is -2.26. The van der Waals surface area contributed by atoms with Crippen molar-refractivity contribution in [2.45, 2.75) is 87.2 Å². The van der Waals surface area contributed by atoms with Gasteiger partial charge in [-0.3, -0.25) is 9.59 Å². The Kier molecular flexibility index (Phi) is 10.4. The van der Waals surface area contributed by atoms with E-state index in [1.807, 2.05) is 13.8 Å². The molecular formula is C21H40O5. The minimum atomic E-state index is -0.987. The van der Waals surface area contributed by atoms with Crippen molar-refractivity contribution in [2.75, 3.05) is 13.2 Å². The Hall–Kier alpha value is -1.10. The largest absolute Gasteiger partial charge is 0.463 e. The lowest BCUT2D eigenvalue weighted by Gasteiger charge is -2.23. The predicted octanol–water partition coefficient (Wildman–Crippen LogP) is 4.36. The summed E-state index contributed by atoms with van der Waals surface area (Å²) < 4.78 is 10.2. The van der Waals surface area contributed by atoms with Crippen LogP contribution in [0.1, 0.15) is 81.1 Å². The fraction of sp³-hybridized carbons (Fsp3) is 0.905. The molecule has 0 saturated carbocycles. The van der Waals surface area contributed by atoms with E-state index in [1.54, 1.807) is 0 Å². The molecule has 0 unspecified atom stereocenters. The molecule has 0 spiro atoms. The molecular weight excluding hydrogens is 332 g/mol. The van der Waals surface area contributed by atoms with Crippen LogP contribution in [0.25, 0.3) is 0 Å². The van der Waals surface area contributed by atoms with E-state index in [1.165, 1.54) is 0 Å². The lowest BCUT2D eigenvalue weighted by molar-refractivity contribution is -0.153. The molecule has 1 N–H and O–H groups in total. The van der Waals surface area contributed by atoms with E-state index in [2.05, 4.69) is 41.5 Å². The molecule has 2 atom stereocenters. The van der Waals surface area contributed by atoms with E-state index in [4.69, 9.17) is 9.47 Å². The van der Waals surface area contributed by atoms with Crippen molar-refractivity contribution in [3.8, 4) is 0 Å². The number of hydrogen-bond donors (Lipinski definition) is 1. The number of aliphatic hydroxyl groups excluding tert-OH is 1. The summed E-state index contributed by atoms with van der Waals surface area (Å²) in [5.41, 5.74) is 0.328. The number of ether oxygens (including phenoxy) is 2. The number of carbonyl (C=O) groups excluding carboxylic acids is 2. The molecule has 0 aliphatic rings. The SMILES string of the molecule is C[C@H](CC(=O)OCC(O)COC(=O)C[C@@H](C)CC(C)(C)C)CC(C)(C)C. The van der Waals surface area contributed by atoms with Crippen LogP contribution >= 0.6 is 0 Å². The average Bonchev–Trinajstić information content (AvgIpc) is 2.38. The Labute approximate surface area is 159 Å². The van der Waals surface area contributed by atoms with Crippen molar-refractivity contribution in [1.82, 2.24) is 0 Å². The number of aliphatic hydroxyl groups is 1. The third-order valence-electron chi connectivity index (χ3n) is 3.83. The number of esters is 2. The summed E-state index contributed by atoms with van der Waals surface area (Å²) in [6, 6.07) is 0. The molecule has 0 aliphatic carbocycles. The highest BCUT2D eigenvalue weighted by Gasteiger charge is 2.21. The van der Waals surface area contributed by atoms with Crippen molar-refractivity contribution in [1.29, 1.82) is 0 Å². The van der Waals surface area contributed by atoms with Gasteiger partial charge in [-0.25, -0.2) is 0 Å². The summed E-state index contributed by atoms with van der Waals surface area (Å²) in [4.78, 5) is 23.6. The number of hydrogen-bond acceptors (Lipinski definition) is 5. The molecule has 0 fully saturated rings. The number of rotatable bonds is 10. The molecule has 154 valence electrons. The highest BCUT2D eigenvalue weighted by atomic mass is 16.6. The van der Waals surface area contributed by atoms with Gasteiger partial charge in [0.25, 0.3) is 0 Å². The van der Waals surface area contributed by atoms with Gasteiger partial charge in [0.15, 0.2) is 0 Å². The molecule has 0 heterocycles. The van der Waals surface area contributed by atoms with Gasteiger partial charge in [0.05, 0.1) is 0 Å². The molecule has 0 aliphatic heterocycles. The zero-order valence-corrected chi connectivity index (χ0v) is 18.1. The molecule has 0 rings (SSSR count). The molecule has 5 nitrogen and oxygen atoms in total. The Morgan fingerprint density at radius 1 is 0.769 bits per heavy atom. The van der Waals surface area contributed by atoms with Crippen molar-refractivity contribution < 1.29 is 24.2 Å². The van der Waals surface area contributed by atoms with E-state index in [0.29, 0.717) is 12.8 Å². The van der Waals surface area contributed by atoms with Gasteiger partial charge in [-0.15, -0.1) is 0 Å². The van der Waals surface area contributed by atoms with Crippen LogP contribution in [0.2, 0.25) is 0 Å². The van der Waals surface area contributed by atoms with Gasteiger partial charge in [-0.05, 0) is 35.5 Å². The fourth-order valence-corrected chi connectivity index (χ4v) is 3.35. The van der Waals surface area contributed by atoms with Gasteiger partial charge in [0, 0.05) is 12.8 Å². The average molecular weight is 373 g/mol. The summed E-state index contributed by atoms with van der Waals surface area (Å²) in [6.45, 7) is 16.5. The molecule has 0 aromatic heterocycles. The Morgan fingerprint density at radius 2 is 1.08 bits per heavy atom. The van der Waals surface area contributed by atoms with E-state index < -0.39 is 6.10 Å². The molecule has 0 bridgehead atoms. The van der Waals surface area contributed by atoms with Gasteiger partial charge < -0.3 is 14.6 Å². The maximum absolute atomic E-state index is 11.8. The molecule has 0 saturated heterocycles. The van der Waals surface area contributed by atoms with E-state index in [9.17, 15) is 14.7 Å². The first-order chi connectivity index (χ1) is 11.7. The normalized spacial score (nSPS) is 14.8. The highest BCUT2D eigenvalue weighted by Crippen LogP contribution is 2.27. The van der Waals surface area contributed by atoms with E-state index in [-0.39, 0.29) is 47.8 Å². The summed E-state index contributed by atoms with van der Waals surface area (Å²) >= 11 is 0. The van der Waals surface area contributed by atoms with Crippen LogP contribution in [0.3, 0.4) is 0 Å². The summed E-state index contributed by atoms with van der Waals surface area (Å²) in [5.74, 6) is -0.208. The maximum atomic E-state index is 11.8. The van der Waals surface area contributed by atoms with Gasteiger partial charge in [-0.1, -0.05) is 55.4 Å². The van der Waals surface area contributed by atoms with Crippen LogP contribution in [0.4, 0.5) is 0 Å². The molecule has 0 aromatic carbocycles. The van der Waals surface area contributed by atoms with E-state index >= 15 is 0 Å². The maximum Gasteiger partial charge on any atom is 0.306 e. The first-order valence-corrected chi connectivity index (χ1v) is 9.67. The number of carbonyl (C=O) groups is 2. The molecule has 0 aromatic rings. The topological polar surface area (TPSA) is 72.8 Å². The monoisotopic (exact) mass is 372 g/mol. The second-order valence-corrected chi connectivity index (χ2v) is 10.2. The predicted molar refractivity (Wildman–Crippen MR) is 104 cm³/mol. The van der Waals surface area contributed by atoms with Crippen molar-refractivity contribution >= 4 is 11.9 Å². The Morgan fingerprint density at radius 3 is 1.35 bits per heavy atom. The van der Waals surface area contributed by atoms with Crippen molar-refractivity contribution in [3.63, 3.8) is 0 Å². The van der Waals surface area contributed by atoms with Gasteiger partial charge in [-0.2, -0.15) is 0 Å². The third kappa shape index (κ3) is 15.2. The second kappa shape index (κ2) is 10.9. The second-order valence-electron chi connectivity index (χ2n) is 10.2. The zero-order valence-electron chi connectivity index (χ0n) is 18.1. The summed E-state index contributed by atoms with van der Waals surface area (Å²) in [7, 11) is 0. The minimum absolute atomic E-state index is 0.147. The Bertz CT molecular complexity index is 391. The van der Waals surface area contributed by atoms with Gasteiger partial charge in [0.2, 0.25) is 0 Å². The third-order valence-corrected chi connectivity index (χ3v) is 3.83. The standard InChI is InChI=1S/C21H40O5/c1-15(11-20(3,4)5)9-18(23)25-13-17(22)14-26-19(24)10-16(2)12-21(6,7)8/h15-17,22H,9-14H2,1-8H3/t15-,16-/m1/s1. The molecule has 5 heteroatoms. The van der Waals surface area contributed by atoms with Crippen LogP contribution in [-0.2, 0) is 19.1 Å². The highest BCUT2D eigenvalue weighted by molar-refractivity contribution is 5.70. The van der Waals surface area contributed by atoms with Crippen LogP contribution in [0.5, 0.6) is 0 Å². The van der Waals surface area contributed by atoms with Gasteiger partial charge >= 0.3 is 11.9 Å². The first kappa shape index (κ1) is 24.9. The van der Waals surface area contributed by atoms with Crippen LogP contribution in [-0.4, -0.2) is 36.4 Å². The quantitative estimate of drug-likeness (QED) is 0.577. The summed E-state index contributed by atoms with van der Waals surface area (Å²) in [5, 5.41) is 9.83. The van der Waals surface area contributed by atoms with Crippen LogP contribution in [0, 0.1) is 22.7 Å². The van der Waals surface area contributed by atoms with Crippen molar-refractivity contribution in [3.05, 3.63) is 0 Å². The smallest absolute Gasteiger partial charge is 0.306 e. The van der Waals surface area contributed by atoms with Gasteiger partial charge in [0.1, 0.15) is 19.3 Å². The van der Waals surface area contributed by atoms with E-state index in [0.717, 1.165) is 12.8 Å². The summed E-state index contributed by atoms with van der Waals surface area (Å²) in [6.07, 6.45) is 1.52. The fourth-order valence-electron chi connectivity index (χ4n) is 3.35. The molecule has 0 amide bonds. The molecule has 26 heavy (non-hydrogen) atoms. The minimum Gasteiger partial charge on any atom is -0.463 e. The van der Waals surface area contributed by atoms with Crippen LogP contribution < -0.4 is 0 Å². The Balaban J connectivity index is 3.99. The first-order valence-electron chi connectivity index (χ1n) is 9.67.